The van der Waals surface area contributed by atoms with Crippen LogP contribution in [-0.4, -0.2) is 53.0 Å². The maximum atomic E-state index is 12.8. The van der Waals surface area contributed by atoms with Crippen LogP contribution in [0.15, 0.2) is 79.6 Å². The maximum Gasteiger partial charge on any atom is 0.253 e. The largest absolute Gasteiger partial charge is 0.339 e. The fourth-order valence-corrected chi connectivity index (χ4v) is 4.36. The van der Waals surface area contributed by atoms with Crippen molar-refractivity contribution in [2.75, 3.05) is 18.4 Å². The number of rotatable bonds is 5. The number of anilines is 2. The van der Waals surface area contributed by atoms with Gasteiger partial charge in [-0.25, -0.2) is 9.97 Å². The van der Waals surface area contributed by atoms with E-state index in [2.05, 4.69) is 15.3 Å². The van der Waals surface area contributed by atoms with E-state index in [1.54, 1.807) is 29.6 Å². The highest BCUT2D eigenvalue weighted by Gasteiger charge is 2.19. The monoisotopic (exact) mass is 464 g/mol. The number of likely N-dealkylation sites (tertiary alicyclic amines) is 1. The summed E-state index contributed by atoms with van der Waals surface area (Å²) in [6.45, 7) is 1.66. The predicted molar refractivity (Wildman–Crippen MR) is 133 cm³/mol. The number of hydrogen-bond donors (Lipinski definition) is 1. The molecule has 0 spiro atoms. The summed E-state index contributed by atoms with van der Waals surface area (Å²) in [5.74, 6) is 1.14. The minimum Gasteiger partial charge on any atom is -0.339 e. The molecule has 1 aliphatic rings. The van der Waals surface area contributed by atoms with Crippen LogP contribution in [0.25, 0.3) is 22.8 Å². The second-order valence-corrected chi connectivity index (χ2v) is 8.52. The lowest BCUT2D eigenvalue weighted by atomic mass is 10.1. The average Bonchev–Trinajstić information content (AvgIpc) is 3.60. The first-order valence-electron chi connectivity index (χ1n) is 11.7. The summed E-state index contributed by atoms with van der Waals surface area (Å²) >= 11 is 0. The molecule has 0 aliphatic carbocycles. The molecule has 0 radical (unpaired) electrons. The molecule has 6 rings (SSSR count). The molecule has 1 saturated heterocycles. The van der Waals surface area contributed by atoms with Crippen molar-refractivity contribution in [1.29, 1.82) is 0 Å². The van der Waals surface area contributed by atoms with Gasteiger partial charge in [0.25, 0.3) is 5.91 Å². The number of carbonyl (C=O) groups excluding carboxylic acids is 1. The molecule has 2 aromatic carbocycles. The van der Waals surface area contributed by atoms with Gasteiger partial charge in [-0.1, -0.05) is 18.2 Å². The highest BCUT2D eigenvalue weighted by Crippen LogP contribution is 2.26. The molecule has 9 nitrogen and oxygen atoms in total. The number of para-hydroxylation sites is 1. The summed E-state index contributed by atoms with van der Waals surface area (Å²) in [4.78, 5) is 33.0. The van der Waals surface area contributed by atoms with Crippen LogP contribution in [0.5, 0.6) is 0 Å². The second-order valence-electron chi connectivity index (χ2n) is 8.52. The smallest absolute Gasteiger partial charge is 0.253 e. The normalized spacial score (nSPS) is 13.8. The van der Waals surface area contributed by atoms with Gasteiger partial charge < -0.3 is 10.2 Å². The molecule has 3 aromatic heterocycles. The number of benzene rings is 2. The van der Waals surface area contributed by atoms with Crippen molar-refractivity contribution >= 4 is 28.6 Å². The molecule has 0 bridgehead atoms. The molecule has 5 aromatic rings. The van der Waals surface area contributed by atoms with Crippen LogP contribution in [-0.2, 0) is 0 Å². The minimum absolute atomic E-state index is 0.0877. The zero-order valence-electron chi connectivity index (χ0n) is 19.1. The molecule has 1 aliphatic heterocycles. The molecule has 35 heavy (non-hydrogen) atoms. The van der Waals surface area contributed by atoms with Gasteiger partial charge in [0.2, 0.25) is 5.95 Å². The SMILES string of the molecule is O=C(c1ccc(Nc2nc(-n3ccnc3)nc3c2ncn3-c2ccccc2)cc1)N1CCCCC1. The highest BCUT2D eigenvalue weighted by atomic mass is 16.2. The van der Waals surface area contributed by atoms with Gasteiger partial charge in [0.05, 0.1) is 0 Å². The van der Waals surface area contributed by atoms with Gasteiger partial charge in [0, 0.05) is 42.4 Å². The maximum absolute atomic E-state index is 12.8. The molecular formula is C26H24N8O. The third-order valence-corrected chi connectivity index (χ3v) is 6.19. The van der Waals surface area contributed by atoms with Gasteiger partial charge in [-0.3, -0.25) is 13.9 Å². The van der Waals surface area contributed by atoms with Gasteiger partial charge in [-0.05, 0) is 55.7 Å². The summed E-state index contributed by atoms with van der Waals surface area (Å²) in [7, 11) is 0. The third-order valence-electron chi connectivity index (χ3n) is 6.19. The Bertz CT molecular complexity index is 1450. The predicted octanol–water partition coefficient (Wildman–Crippen LogP) is 4.37. The van der Waals surface area contributed by atoms with E-state index in [4.69, 9.17) is 9.97 Å². The zero-order valence-corrected chi connectivity index (χ0v) is 19.1. The van der Waals surface area contributed by atoms with Crippen LogP contribution in [0, 0.1) is 0 Å². The molecular weight excluding hydrogens is 440 g/mol. The van der Waals surface area contributed by atoms with Crippen molar-refractivity contribution in [2.45, 2.75) is 19.3 Å². The number of amides is 1. The van der Waals surface area contributed by atoms with Crippen molar-refractivity contribution < 1.29 is 4.79 Å². The van der Waals surface area contributed by atoms with E-state index in [9.17, 15) is 4.79 Å². The Kier molecular flexibility index (Phi) is 5.42. The van der Waals surface area contributed by atoms with Crippen molar-refractivity contribution in [3.63, 3.8) is 0 Å². The van der Waals surface area contributed by atoms with Gasteiger partial charge in [-0.15, -0.1) is 0 Å². The number of piperidine rings is 1. The Morgan fingerprint density at radius 1 is 0.886 bits per heavy atom. The minimum atomic E-state index is 0.0877. The average molecular weight is 465 g/mol. The lowest BCUT2D eigenvalue weighted by molar-refractivity contribution is 0.0724. The summed E-state index contributed by atoms with van der Waals surface area (Å²) in [5.41, 5.74) is 3.78. The van der Waals surface area contributed by atoms with Crippen molar-refractivity contribution in [3.8, 4) is 11.6 Å². The van der Waals surface area contributed by atoms with Gasteiger partial charge in [0.1, 0.15) is 12.7 Å². The quantitative estimate of drug-likeness (QED) is 0.415. The van der Waals surface area contributed by atoms with Crippen LogP contribution < -0.4 is 5.32 Å². The Labute approximate surface area is 202 Å². The topological polar surface area (TPSA) is 93.8 Å². The molecule has 1 N–H and O–H groups in total. The number of imidazole rings is 2. The van der Waals surface area contributed by atoms with Gasteiger partial charge in [-0.2, -0.15) is 9.97 Å². The van der Waals surface area contributed by atoms with Crippen LogP contribution >= 0.6 is 0 Å². The molecule has 1 amide bonds. The second kappa shape index (κ2) is 9.02. The molecule has 1 fully saturated rings. The van der Waals surface area contributed by atoms with Crippen molar-refractivity contribution in [3.05, 3.63) is 85.2 Å². The van der Waals surface area contributed by atoms with E-state index in [-0.39, 0.29) is 5.91 Å². The Morgan fingerprint density at radius 3 is 2.43 bits per heavy atom. The lowest BCUT2D eigenvalue weighted by Crippen LogP contribution is -2.35. The number of fused-ring (bicyclic) bond motifs is 1. The van der Waals surface area contributed by atoms with Crippen LogP contribution in [0.3, 0.4) is 0 Å². The molecule has 9 heteroatoms. The zero-order chi connectivity index (χ0) is 23.6. The number of carbonyl (C=O) groups is 1. The summed E-state index contributed by atoms with van der Waals surface area (Å²) in [6.07, 6.45) is 10.2. The number of nitrogens with zero attached hydrogens (tertiary/aromatic N) is 7. The molecule has 174 valence electrons. The fraction of sp³-hybridized carbons (Fsp3) is 0.192. The molecule has 0 unspecified atom stereocenters. The van der Waals surface area contributed by atoms with E-state index in [1.807, 2.05) is 64.1 Å². The summed E-state index contributed by atoms with van der Waals surface area (Å²) < 4.78 is 3.69. The first-order valence-corrected chi connectivity index (χ1v) is 11.7. The van der Waals surface area contributed by atoms with Crippen LogP contribution in [0.4, 0.5) is 11.5 Å². The highest BCUT2D eigenvalue weighted by molar-refractivity contribution is 5.95. The summed E-state index contributed by atoms with van der Waals surface area (Å²) in [6, 6.07) is 17.5. The van der Waals surface area contributed by atoms with E-state index in [0.29, 0.717) is 28.5 Å². The third kappa shape index (κ3) is 4.12. The van der Waals surface area contributed by atoms with E-state index >= 15 is 0 Å². The molecule has 0 saturated carbocycles. The van der Waals surface area contributed by atoms with Crippen LogP contribution in [0.2, 0.25) is 0 Å². The van der Waals surface area contributed by atoms with E-state index < -0.39 is 0 Å². The standard InChI is InChI=1S/C26H24N8O/c35-25(32-14-5-2-6-15-32)19-9-11-20(12-10-19)29-23-22-24(31-26(30-23)33-16-13-27-17-33)34(18-28-22)21-7-3-1-4-8-21/h1,3-4,7-13,16-18H,2,5-6,14-15H2,(H,29,30,31). The van der Waals surface area contributed by atoms with E-state index in [0.717, 1.165) is 37.3 Å². The Balaban J connectivity index is 1.35. The molecule has 0 atom stereocenters. The molecule has 4 heterocycles. The lowest BCUT2D eigenvalue weighted by Gasteiger charge is -2.26. The van der Waals surface area contributed by atoms with Gasteiger partial charge >= 0.3 is 0 Å². The fourth-order valence-electron chi connectivity index (χ4n) is 4.36. The first-order chi connectivity index (χ1) is 17.3. The van der Waals surface area contributed by atoms with Gasteiger partial charge in [0.15, 0.2) is 17.0 Å². The van der Waals surface area contributed by atoms with Crippen molar-refractivity contribution in [2.24, 2.45) is 0 Å². The van der Waals surface area contributed by atoms with Crippen LogP contribution in [0.1, 0.15) is 29.6 Å². The Morgan fingerprint density at radius 2 is 1.69 bits per heavy atom. The number of nitrogens with one attached hydrogen (secondary N) is 1. The number of aromatic nitrogens is 6. The van der Waals surface area contributed by atoms with Crippen molar-refractivity contribution in [1.82, 2.24) is 34.0 Å². The first kappa shape index (κ1) is 21.0. The summed E-state index contributed by atoms with van der Waals surface area (Å²) in [5, 5.41) is 3.37. The van der Waals surface area contributed by atoms with E-state index in [1.165, 1.54) is 6.42 Å². The Hall–Kier alpha value is -4.53. The number of hydrogen-bond acceptors (Lipinski definition) is 6.